The Morgan fingerprint density at radius 3 is 2.55 bits per heavy atom. The average Bonchev–Trinajstić information content (AvgIpc) is 2.53. The van der Waals surface area contributed by atoms with Crippen molar-refractivity contribution in [1.29, 1.82) is 0 Å². The Morgan fingerprint density at radius 1 is 1.32 bits per heavy atom. The first-order valence-electron chi connectivity index (χ1n) is 7.21. The first-order valence-corrected chi connectivity index (χ1v) is 7.21. The fourth-order valence-corrected chi connectivity index (χ4v) is 2.28. The van der Waals surface area contributed by atoms with Crippen molar-refractivity contribution in [3.8, 4) is 5.75 Å². The first kappa shape index (κ1) is 16.6. The van der Waals surface area contributed by atoms with Crippen molar-refractivity contribution in [2.24, 2.45) is 0 Å². The monoisotopic (exact) mass is 314 g/mol. The van der Waals surface area contributed by atoms with Gasteiger partial charge in [-0.25, -0.2) is 0 Å². The van der Waals surface area contributed by atoms with Crippen LogP contribution in [0.15, 0.2) is 24.3 Å². The molecule has 0 radical (unpaired) electrons. The summed E-state index contributed by atoms with van der Waals surface area (Å²) in [5, 5.41) is 2.85. The molecule has 0 aromatic heterocycles. The highest BCUT2D eigenvalue weighted by atomic mass is 19.3. The number of amides is 1. The summed E-state index contributed by atoms with van der Waals surface area (Å²) in [5.41, 5.74) is 0.413. The smallest absolute Gasteiger partial charge is 0.387 e. The summed E-state index contributed by atoms with van der Waals surface area (Å²) in [4.78, 5) is 14.3. The molecule has 7 heteroatoms. The van der Waals surface area contributed by atoms with Gasteiger partial charge in [0.25, 0.3) is 5.91 Å². The fourth-order valence-electron chi connectivity index (χ4n) is 2.28. The molecule has 1 amide bonds. The lowest BCUT2D eigenvalue weighted by molar-refractivity contribution is -0.0498. The summed E-state index contributed by atoms with van der Waals surface area (Å²) in [7, 11) is 0. The number of nitrogens with zero attached hydrogens (tertiary/aromatic N) is 1. The van der Waals surface area contributed by atoms with Crippen LogP contribution in [0.25, 0.3) is 0 Å². The van der Waals surface area contributed by atoms with Crippen molar-refractivity contribution in [3.05, 3.63) is 29.8 Å². The number of carbonyl (C=O) groups excluding carboxylic acids is 1. The lowest BCUT2D eigenvalue weighted by atomic mass is 10.2. The molecule has 2 rings (SSSR count). The third kappa shape index (κ3) is 4.92. The van der Waals surface area contributed by atoms with Crippen LogP contribution >= 0.6 is 0 Å². The Morgan fingerprint density at radius 2 is 1.95 bits per heavy atom. The normalized spacial score (nSPS) is 17.3. The molecule has 1 aliphatic heterocycles. The number of carbonyl (C=O) groups is 1. The molecule has 1 fully saturated rings. The number of hydrogen-bond acceptors (Lipinski definition) is 4. The molecule has 1 saturated heterocycles. The van der Waals surface area contributed by atoms with Gasteiger partial charge in [0.15, 0.2) is 0 Å². The van der Waals surface area contributed by atoms with E-state index in [0.717, 1.165) is 13.1 Å². The topological polar surface area (TPSA) is 50.8 Å². The number of halogens is 2. The minimum Gasteiger partial charge on any atom is -0.435 e. The van der Waals surface area contributed by atoms with Crippen LogP contribution in [0.1, 0.15) is 17.3 Å². The van der Waals surface area contributed by atoms with Gasteiger partial charge in [-0.1, -0.05) is 0 Å². The van der Waals surface area contributed by atoms with Crippen LogP contribution in [0, 0.1) is 0 Å². The predicted octanol–water partition coefficient (Wildman–Crippen LogP) is 1.74. The van der Waals surface area contributed by atoms with E-state index in [1.807, 2.05) is 6.92 Å². The van der Waals surface area contributed by atoms with Gasteiger partial charge in [-0.3, -0.25) is 9.69 Å². The maximum Gasteiger partial charge on any atom is 0.387 e. The van der Waals surface area contributed by atoms with Gasteiger partial charge in [0, 0.05) is 31.2 Å². The predicted molar refractivity (Wildman–Crippen MR) is 77.3 cm³/mol. The summed E-state index contributed by atoms with van der Waals surface area (Å²) in [5.74, 6) is -0.197. The van der Waals surface area contributed by atoms with Crippen molar-refractivity contribution in [2.75, 3.05) is 32.8 Å². The first-order chi connectivity index (χ1) is 10.6. The molecule has 1 aliphatic rings. The molecule has 1 unspecified atom stereocenters. The molecule has 122 valence electrons. The van der Waals surface area contributed by atoms with E-state index in [9.17, 15) is 13.6 Å². The molecule has 0 bridgehead atoms. The lowest BCUT2D eigenvalue weighted by Gasteiger charge is -2.32. The highest BCUT2D eigenvalue weighted by Gasteiger charge is 2.17. The number of morpholine rings is 1. The number of benzene rings is 1. The number of hydrogen-bond donors (Lipinski definition) is 1. The molecule has 1 heterocycles. The van der Waals surface area contributed by atoms with Gasteiger partial charge in [0.05, 0.1) is 13.2 Å². The highest BCUT2D eigenvalue weighted by Crippen LogP contribution is 2.14. The molecule has 0 aliphatic carbocycles. The van der Waals surface area contributed by atoms with E-state index in [-0.39, 0.29) is 17.7 Å². The largest absolute Gasteiger partial charge is 0.435 e. The van der Waals surface area contributed by atoms with Crippen LogP contribution < -0.4 is 10.1 Å². The van der Waals surface area contributed by atoms with Gasteiger partial charge in [-0.15, -0.1) is 0 Å². The molecule has 0 spiro atoms. The molecular formula is C15H20F2N2O3. The average molecular weight is 314 g/mol. The Bertz CT molecular complexity index is 476. The Kier molecular flexibility index (Phi) is 6.09. The second kappa shape index (κ2) is 8.05. The second-order valence-electron chi connectivity index (χ2n) is 5.11. The van der Waals surface area contributed by atoms with E-state index in [2.05, 4.69) is 15.0 Å². The zero-order valence-electron chi connectivity index (χ0n) is 12.4. The SMILES string of the molecule is CC(CNC(=O)c1ccc(OC(F)F)cc1)N1CCOCC1. The standard InChI is InChI=1S/C15H20F2N2O3/c1-11(19-6-8-21-9-7-19)10-18-14(20)12-2-4-13(5-3-12)22-15(16)17/h2-5,11,15H,6-10H2,1H3,(H,18,20). The number of ether oxygens (including phenoxy) is 2. The number of alkyl halides is 2. The molecule has 1 N–H and O–H groups in total. The van der Waals surface area contributed by atoms with Crippen LogP contribution in [-0.4, -0.2) is 56.3 Å². The van der Waals surface area contributed by atoms with Crippen LogP contribution in [0.2, 0.25) is 0 Å². The molecule has 1 aromatic carbocycles. The Hall–Kier alpha value is -1.73. The Labute approximate surface area is 128 Å². The van der Waals surface area contributed by atoms with Crippen LogP contribution in [0.3, 0.4) is 0 Å². The Balaban J connectivity index is 1.81. The highest BCUT2D eigenvalue weighted by molar-refractivity contribution is 5.94. The molecule has 5 nitrogen and oxygen atoms in total. The quantitative estimate of drug-likeness (QED) is 0.869. The van der Waals surface area contributed by atoms with Gasteiger partial charge in [0.1, 0.15) is 5.75 Å². The van der Waals surface area contributed by atoms with Crippen LogP contribution in [-0.2, 0) is 4.74 Å². The van der Waals surface area contributed by atoms with E-state index < -0.39 is 6.61 Å². The molecule has 1 atom stereocenters. The van der Waals surface area contributed by atoms with Crippen LogP contribution in [0.5, 0.6) is 5.75 Å². The van der Waals surface area contributed by atoms with E-state index >= 15 is 0 Å². The van der Waals surface area contributed by atoms with E-state index in [1.165, 1.54) is 24.3 Å². The van der Waals surface area contributed by atoms with Crippen molar-refractivity contribution in [1.82, 2.24) is 10.2 Å². The van der Waals surface area contributed by atoms with Crippen molar-refractivity contribution < 1.29 is 23.0 Å². The van der Waals surface area contributed by atoms with Gasteiger partial charge >= 0.3 is 6.61 Å². The summed E-state index contributed by atoms with van der Waals surface area (Å²) in [6.07, 6.45) is 0. The van der Waals surface area contributed by atoms with E-state index in [0.29, 0.717) is 25.3 Å². The van der Waals surface area contributed by atoms with Crippen molar-refractivity contribution in [2.45, 2.75) is 19.6 Å². The minimum atomic E-state index is -2.87. The third-order valence-electron chi connectivity index (χ3n) is 3.57. The maximum atomic E-state index is 12.1. The van der Waals surface area contributed by atoms with E-state index in [1.54, 1.807) is 0 Å². The summed E-state index contributed by atoms with van der Waals surface area (Å²) in [6.45, 7) is 2.84. The van der Waals surface area contributed by atoms with Crippen molar-refractivity contribution in [3.63, 3.8) is 0 Å². The van der Waals surface area contributed by atoms with Gasteiger partial charge in [0.2, 0.25) is 0 Å². The van der Waals surface area contributed by atoms with Gasteiger partial charge in [-0.05, 0) is 31.2 Å². The summed E-state index contributed by atoms with van der Waals surface area (Å²) < 4.78 is 33.6. The van der Waals surface area contributed by atoms with Crippen LogP contribution in [0.4, 0.5) is 8.78 Å². The molecule has 0 saturated carbocycles. The molecule has 1 aromatic rings. The number of nitrogens with one attached hydrogen (secondary N) is 1. The third-order valence-corrected chi connectivity index (χ3v) is 3.57. The van der Waals surface area contributed by atoms with Gasteiger partial charge in [-0.2, -0.15) is 8.78 Å². The van der Waals surface area contributed by atoms with Gasteiger partial charge < -0.3 is 14.8 Å². The minimum absolute atomic E-state index is 0.0354. The summed E-state index contributed by atoms with van der Waals surface area (Å²) in [6, 6.07) is 5.85. The van der Waals surface area contributed by atoms with E-state index in [4.69, 9.17) is 4.74 Å². The fraction of sp³-hybridized carbons (Fsp3) is 0.533. The maximum absolute atomic E-state index is 12.1. The van der Waals surface area contributed by atoms with Crippen molar-refractivity contribution >= 4 is 5.91 Å². The zero-order chi connectivity index (χ0) is 15.9. The second-order valence-corrected chi connectivity index (χ2v) is 5.11. The molecule has 22 heavy (non-hydrogen) atoms. The summed E-state index contributed by atoms with van der Waals surface area (Å²) >= 11 is 0. The lowest BCUT2D eigenvalue weighted by Crippen LogP contribution is -2.47. The number of rotatable bonds is 6. The zero-order valence-corrected chi connectivity index (χ0v) is 12.4. The molecular weight excluding hydrogens is 294 g/mol.